The van der Waals surface area contributed by atoms with Crippen molar-refractivity contribution < 1.29 is 29.3 Å². The molecule has 0 spiro atoms. The molecule has 0 radical (unpaired) electrons. The van der Waals surface area contributed by atoms with Crippen LogP contribution in [0.1, 0.15) is 19.3 Å². The van der Waals surface area contributed by atoms with Crippen LogP contribution >= 0.6 is 0 Å². The summed E-state index contributed by atoms with van der Waals surface area (Å²) >= 11 is 0. The van der Waals surface area contributed by atoms with Crippen LogP contribution in [0.4, 0.5) is 0 Å². The molecule has 2 unspecified atom stereocenters. The summed E-state index contributed by atoms with van der Waals surface area (Å²) in [6.07, 6.45) is -0.655. The first-order valence-electron chi connectivity index (χ1n) is 5.00. The molecule has 0 aromatic heterocycles. The number of ether oxygens (including phenoxy) is 2. The Bertz CT molecular complexity index is 227. The highest BCUT2D eigenvalue weighted by molar-refractivity contribution is 5.80. The number of hydrogen-bond donors (Lipinski definition) is 2. The van der Waals surface area contributed by atoms with Gasteiger partial charge in [-0.15, -0.1) is 0 Å². The van der Waals surface area contributed by atoms with Gasteiger partial charge in [-0.1, -0.05) is 0 Å². The molecule has 0 aromatic carbocycles. The van der Waals surface area contributed by atoms with Crippen LogP contribution in [0.15, 0.2) is 0 Å². The number of aliphatic hydroxyl groups is 2. The van der Waals surface area contributed by atoms with Crippen LogP contribution in [0.25, 0.3) is 0 Å². The molecule has 0 heterocycles. The molecule has 94 valence electrons. The Morgan fingerprint density at radius 3 is 2.31 bits per heavy atom. The topological polar surface area (TPSA) is 93.1 Å². The third kappa shape index (κ3) is 5.09. The van der Waals surface area contributed by atoms with E-state index in [2.05, 4.69) is 9.47 Å². The van der Waals surface area contributed by atoms with Crippen LogP contribution < -0.4 is 0 Å². The number of carbonyl (C=O) groups excluding carboxylic acids is 2. The summed E-state index contributed by atoms with van der Waals surface area (Å²) in [4.78, 5) is 22.3. The van der Waals surface area contributed by atoms with Gasteiger partial charge in [0.25, 0.3) is 0 Å². The fraction of sp³-hybridized carbons (Fsp3) is 0.800. The predicted octanol–water partition coefficient (Wildman–Crippen LogP) is -0.528. The standard InChI is InChI=1S/C10H18O6/c1-15-9(13)6-7(10(14)16-2)8(12)4-3-5-11/h7-8,11-12H,3-6H2,1-2H3. The lowest BCUT2D eigenvalue weighted by Crippen LogP contribution is -2.32. The first-order chi connectivity index (χ1) is 7.56. The van der Waals surface area contributed by atoms with Crippen LogP contribution in [-0.4, -0.2) is 49.1 Å². The summed E-state index contributed by atoms with van der Waals surface area (Å²) in [5, 5.41) is 18.3. The molecule has 2 N–H and O–H groups in total. The van der Waals surface area contributed by atoms with E-state index in [1.54, 1.807) is 0 Å². The van der Waals surface area contributed by atoms with Gasteiger partial charge >= 0.3 is 11.9 Å². The second-order valence-electron chi connectivity index (χ2n) is 3.34. The van der Waals surface area contributed by atoms with Crippen molar-refractivity contribution in [1.82, 2.24) is 0 Å². The maximum absolute atomic E-state index is 11.3. The van der Waals surface area contributed by atoms with Crippen LogP contribution in [0.3, 0.4) is 0 Å². The molecule has 6 nitrogen and oxygen atoms in total. The molecule has 0 amide bonds. The van der Waals surface area contributed by atoms with E-state index in [9.17, 15) is 14.7 Å². The Hall–Kier alpha value is -1.14. The van der Waals surface area contributed by atoms with Gasteiger partial charge in [-0.3, -0.25) is 9.59 Å². The largest absolute Gasteiger partial charge is 0.469 e. The van der Waals surface area contributed by atoms with Gasteiger partial charge in [-0.25, -0.2) is 0 Å². The normalized spacial score (nSPS) is 14.0. The minimum atomic E-state index is -1.02. The highest BCUT2D eigenvalue weighted by atomic mass is 16.5. The van der Waals surface area contributed by atoms with Gasteiger partial charge in [0.2, 0.25) is 0 Å². The second-order valence-corrected chi connectivity index (χ2v) is 3.34. The van der Waals surface area contributed by atoms with E-state index in [4.69, 9.17) is 5.11 Å². The number of carbonyl (C=O) groups is 2. The summed E-state index contributed by atoms with van der Waals surface area (Å²) < 4.78 is 8.91. The molecule has 0 fully saturated rings. The maximum atomic E-state index is 11.3. The molecule has 0 aliphatic carbocycles. The zero-order valence-electron chi connectivity index (χ0n) is 9.51. The van der Waals surface area contributed by atoms with E-state index in [-0.39, 0.29) is 19.4 Å². The van der Waals surface area contributed by atoms with Gasteiger partial charge < -0.3 is 19.7 Å². The minimum Gasteiger partial charge on any atom is -0.469 e. The van der Waals surface area contributed by atoms with Crippen molar-refractivity contribution in [1.29, 1.82) is 0 Å². The number of aliphatic hydroxyl groups excluding tert-OH is 2. The number of esters is 2. The van der Waals surface area contributed by atoms with Gasteiger partial charge in [0.15, 0.2) is 0 Å². The monoisotopic (exact) mass is 234 g/mol. The van der Waals surface area contributed by atoms with E-state index in [1.807, 2.05) is 0 Å². The molecule has 0 aromatic rings. The van der Waals surface area contributed by atoms with E-state index in [0.29, 0.717) is 6.42 Å². The minimum absolute atomic E-state index is 0.0802. The number of methoxy groups -OCH3 is 2. The van der Waals surface area contributed by atoms with Crippen LogP contribution in [0.2, 0.25) is 0 Å². The summed E-state index contributed by atoms with van der Waals surface area (Å²) in [5.41, 5.74) is 0. The SMILES string of the molecule is COC(=O)CC(C(=O)OC)C(O)CCCO. The predicted molar refractivity (Wildman–Crippen MR) is 54.5 cm³/mol. The van der Waals surface area contributed by atoms with Gasteiger partial charge in [0.05, 0.1) is 32.7 Å². The molecule has 0 saturated heterocycles. The quantitative estimate of drug-likeness (QED) is 0.575. The summed E-state index contributed by atoms with van der Waals surface area (Å²) in [6.45, 7) is -0.0802. The first kappa shape index (κ1) is 14.9. The van der Waals surface area contributed by atoms with Gasteiger partial charge in [-0.2, -0.15) is 0 Å². The smallest absolute Gasteiger partial charge is 0.311 e. The Kier molecular flexibility index (Phi) is 7.49. The molecule has 0 aliphatic rings. The van der Waals surface area contributed by atoms with E-state index < -0.39 is 24.0 Å². The zero-order valence-corrected chi connectivity index (χ0v) is 9.51. The number of rotatable bonds is 7. The van der Waals surface area contributed by atoms with Crippen LogP contribution in [-0.2, 0) is 19.1 Å². The third-order valence-electron chi connectivity index (χ3n) is 2.24. The lowest BCUT2D eigenvalue weighted by atomic mass is 9.95. The van der Waals surface area contributed by atoms with Crippen LogP contribution in [0.5, 0.6) is 0 Å². The molecular weight excluding hydrogens is 216 g/mol. The van der Waals surface area contributed by atoms with Crippen molar-refractivity contribution in [3.8, 4) is 0 Å². The van der Waals surface area contributed by atoms with Crippen molar-refractivity contribution in [2.75, 3.05) is 20.8 Å². The van der Waals surface area contributed by atoms with Crippen LogP contribution in [0, 0.1) is 5.92 Å². The lowest BCUT2D eigenvalue weighted by molar-refractivity contribution is -0.156. The zero-order chi connectivity index (χ0) is 12.6. The average molecular weight is 234 g/mol. The summed E-state index contributed by atoms with van der Waals surface area (Å²) in [6, 6.07) is 0. The molecule has 0 bridgehead atoms. The molecule has 6 heteroatoms. The molecule has 2 atom stereocenters. The molecular formula is C10H18O6. The summed E-state index contributed by atoms with van der Waals surface area (Å²) in [7, 11) is 2.39. The first-order valence-corrected chi connectivity index (χ1v) is 5.00. The Morgan fingerprint density at radius 2 is 1.88 bits per heavy atom. The second kappa shape index (κ2) is 8.06. The highest BCUT2D eigenvalue weighted by Crippen LogP contribution is 2.16. The van der Waals surface area contributed by atoms with Gasteiger partial charge in [0.1, 0.15) is 0 Å². The van der Waals surface area contributed by atoms with Crippen molar-refractivity contribution in [2.24, 2.45) is 5.92 Å². The van der Waals surface area contributed by atoms with Crippen molar-refractivity contribution >= 4 is 11.9 Å². The van der Waals surface area contributed by atoms with Gasteiger partial charge in [0, 0.05) is 6.61 Å². The maximum Gasteiger partial charge on any atom is 0.311 e. The van der Waals surface area contributed by atoms with Crippen molar-refractivity contribution in [2.45, 2.75) is 25.4 Å². The van der Waals surface area contributed by atoms with Gasteiger partial charge in [-0.05, 0) is 12.8 Å². The summed E-state index contributed by atoms with van der Waals surface area (Å²) in [5.74, 6) is -2.18. The fourth-order valence-electron chi connectivity index (χ4n) is 1.29. The van der Waals surface area contributed by atoms with E-state index in [0.717, 1.165) is 0 Å². The molecule has 0 aliphatic heterocycles. The molecule has 0 rings (SSSR count). The lowest BCUT2D eigenvalue weighted by Gasteiger charge is -2.19. The number of hydrogen-bond acceptors (Lipinski definition) is 6. The molecule has 16 heavy (non-hydrogen) atoms. The molecule has 0 saturated carbocycles. The van der Waals surface area contributed by atoms with Crippen molar-refractivity contribution in [3.05, 3.63) is 0 Å². The Labute approximate surface area is 94.2 Å². The highest BCUT2D eigenvalue weighted by Gasteiger charge is 2.30. The van der Waals surface area contributed by atoms with Crippen molar-refractivity contribution in [3.63, 3.8) is 0 Å². The average Bonchev–Trinajstić information content (AvgIpc) is 2.31. The Morgan fingerprint density at radius 1 is 1.25 bits per heavy atom. The fourth-order valence-corrected chi connectivity index (χ4v) is 1.29. The third-order valence-corrected chi connectivity index (χ3v) is 2.24. The van der Waals surface area contributed by atoms with E-state index >= 15 is 0 Å². The Balaban J connectivity index is 4.40. The van der Waals surface area contributed by atoms with E-state index in [1.165, 1.54) is 14.2 Å².